The van der Waals surface area contributed by atoms with Gasteiger partial charge < -0.3 is 24.7 Å². The van der Waals surface area contributed by atoms with E-state index < -0.39 is 11.4 Å². The Hall–Kier alpha value is -2.90. The molecule has 8 nitrogen and oxygen atoms in total. The number of nitrogens with one attached hydrogen (secondary N) is 1. The topological polar surface area (TPSA) is 114 Å². The summed E-state index contributed by atoms with van der Waals surface area (Å²) in [6.45, 7) is 2.22. The first-order valence-electron chi connectivity index (χ1n) is 6.21. The number of ether oxygens (including phenoxy) is 2. The highest BCUT2D eigenvalue weighted by molar-refractivity contribution is 5.98. The van der Waals surface area contributed by atoms with Crippen LogP contribution in [0.25, 0.3) is 16.4 Å². The molecule has 0 atom stereocenters. The fourth-order valence-electron chi connectivity index (χ4n) is 2.42. The highest BCUT2D eigenvalue weighted by Gasteiger charge is 2.28. The molecule has 2 N–H and O–H groups in total. The summed E-state index contributed by atoms with van der Waals surface area (Å²) in [5, 5.41) is 11.1. The Balaban J connectivity index is 2.55. The monoisotopic (exact) mass is 289 g/mol. The van der Waals surface area contributed by atoms with Gasteiger partial charge in [-0.1, -0.05) is 0 Å². The maximum absolute atomic E-state index is 12.4. The van der Waals surface area contributed by atoms with Crippen LogP contribution in [0.4, 0.5) is 5.69 Å². The number of pyridine rings is 1. The number of benzene rings is 1. The lowest BCUT2D eigenvalue weighted by Crippen LogP contribution is -2.55. The summed E-state index contributed by atoms with van der Waals surface area (Å²) in [6, 6.07) is 1.59. The smallest absolute Gasteiger partial charge is 0.341 e. The lowest BCUT2D eigenvalue weighted by molar-refractivity contribution is -0.378. The van der Waals surface area contributed by atoms with Crippen LogP contribution < -0.4 is 20.0 Å². The first kappa shape index (κ1) is 13.1. The standard InChI is InChI=1S/C13H11N3O5/c1-2-16-4-6(13(18)19)11(17)9-7(16)3-8-12(10(9)15-14)21-5-20-8/h3-4,15H,2,5H2,1H3,(H,18,19). The number of rotatable bonds is 3. The van der Waals surface area contributed by atoms with Gasteiger partial charge in [0.1, 0.15) is 10.9 Å². The molecule has 0 unspecified atom stereocenters. The molecule has 1 aliphatic rings. The lowest BCUT2D eigenvalue weighted by atomic mass is 10.1. The molecule has 2 aromatic rings. The van der Waals surface area contributed by atoms with E-state index in [1.807, 2.05) is 12.0 Å². The van der Waals surface area contributed by atoms with Crippen molar-refractivity contribution in [1.29, 1.82) is 0 Å². The van der Waals surface area contributed by atoms with Crippen molar-refractivity contribution in [2.45, 2.75) is 13.5 Å². The minimum absolute atomic E-state index is 0.00954. The third-order valence-corrected chi connectivity index (χ3v) is 3.39. The van der Waals surface area contributed by atoms with E-state index in [1.54, 1.807) is 10.6 Å². The summed E-state index contributed by atoms with van der Waals surface area (Å²) in [6.07, 6.45) is 1.27. The first-order valence-corrected chi connectivity index (χ1v) is 6.21. The second-order valence-corrected chi connectivity index (χ2v) is 4.45. The normalized spacial score (nSPS) is 12.6. The van der Waals surface area contributed by atoms with Crippen molar-refractivity contribution >= 4 is 22.6 Å². The van der Waals surface area contributed by atoms with E-state index in [-0.39, 0.29) is 29.2 Å². The third kappa shape index (κ3) is 1.76. The second kappa shape index (κ2) is 4.58. The van der Waals surface area contributed by atoms with Gasteiger partial charge in [0.25, 0.3) is 5.69 Å². The molecule has 1 aliphatic heterocycles. The number of nitrogens with zero attached hydrogens (tertiary/aromatic N) is 2. The molecule has 0 saturated heterocycles. The molecule has 0 saturated carbocycles. The number of hydrogen-bond donors (Lipinski definition) is 2. The van der Waals surface area contributed by atoms with Crippen LogP contribution in [0.3, 0.4) is 0 Å². The first-order chi connectivity index (χ1) is 10.1. The van der Waals surface area contributed by atoms with Gasteiger partial charge in [-0.05, 0) is 6.92 Å². The molecule has 0 radical (unpaired) electrons. The van der Waals surface area contributed by atoms with E-state index in [0.717, 1.165) is 0 Å². The van der Waals surface area contributed by atoms with Crippen molar-refractivity contribution < 1.29 is 24.5 Å². The lowest BCUT2D eigenvalue weighted by Gasteiger charge is -2.11. The van der Waals surface area contributed by atoms with Crippen molar-refractivity contribution in [3.8, 4) is 11.5 Å². The Kier molecular flexibility index (Phi) is 2.86. The summed E-state index contributed by atoms with van der Waals surface area (Å²) in [5.74, 6) is -0.762. The quantitative estimate of drug-likeness (QED) is 0.782. The Morgan fingerprint density at radius 1 is 1.52 bits per heavy atom. The van der Waals surface area contributed by atoms with E-state index in [2.05, 4.69) is 0 Å². The fraction of sp³-hybridized carbons (Fsp3) is 0.231. The highest BCUT2D eigenvalue weighted by Crippen LogP contribution is 2.41. The zero-order valence-corrected chi connectivity index (χ0v) is 11.0. The highest BCUT2D eigenvalue weighted by atomic mass is 16.7. The molecule has 1 aromatic carbocycles. The number of aromatic carboxylic acids is 1. The Morgan fingerprint density at radius 2 is 2.29 bits per heavy atom. The number of carboxylic acid groups (broad SMARTS) is 1. The van der Waals surface area contributed by atoms with Crippen molar-refractivity contribution in [3.63, 3.8) is 0 Å². The van der Waals surface area contributed by atoms with Gasteiger partial charge in [0.05, 0.1) is 5.52 Å². The predicted molar refractivity (Wildman–Crippen MR) is 70.9 cm³/mol. The van der Waals surface area contributed by atoms with E-state index >= 15 is 0 Å². The molecule has 0 amide bonds. The molecule has 0 spiro atoms. The van der Waals surface area contributed by atoms with Crippen molar-refractivity contribution in [2.75, 3.05) is 6.79 Å². The SMILES string of the molecule is CCn1cc(C(=O)O)c(=O)c2c([NH+]=[N-])c3c(cc21)OCO3. The molecule has 1 aromatic heterocycles. The van der Waals surface area contributed by atoms with Crippen LogP contribution in [0.2, 0.25) is 0 Å². The number of aromatic nitrogens is 1. The molecule has 21 heavy (non-hydrogen) atoms. The van der Waals surface area contributed by atoms with Gasteiger partial charge in [-0.2, -0.15) is 0 Å². The summed E-state index contributed by atoms with van der Waals surface area (Å²) in [7, 11) is 0. The summed E-state index contributed by atoms with van der Waals surface area (Å²) >= 11 is 0. The average molecular weight is 289 g/mol. The zero-order chi connectivity index (χ0) is 15.1. The van der Waals surface area contributed by atoms with E-state index in [1.165, 1.54) is 6.20 Å². The van der Waals surface area contributed by atoms with Crippen molar-refractivity contribution in [3.05, 3.63) is 33.6 Å². The van der Waals surface area contributed by atoms with Crippen LogP contribution >= 0.6 is 0 Å². The van der Waals surface area contributed by atoms with Gasteiger partial charge in [0.15, 0.2) is 5.75 Å². The second-order valence-electron chi connectivity index (χ2n) is 4.45. The van der Waals surface area contributed by atoms with Crippen LogP contribution in [-0.4, -0.2) is 22.4 Å². The van der Waals surface area contributed by atoms with Gasteiger partial charge in [-0.15, -0.1) is 0 Å². The number of carbonyl (C=O) groups is 1. The molecule has 3 rings (SSSR count). The zero-order valence-electron chi connectivity index (χ0n) is 11.0. The summed E-state index contributed by atoms with van der Waals surface area (Å²) < 4.78 is 12.1. The van der Waals surface area contributed by atoms with Crippen molar-refractivity contribution in [1.82, 2.24) is 4.57 Å². The van der Waals surface area contributed by atoms with E-state index in [9.17, 15) is 15.1 Å². The number of hydrogen-bond acceptors (Lipinski definition) is 4. The van der Waals surface area contributed by atoms with Gasteiger partial charge in [-0.3, -0.25) is 9.91 Å². The third-order valence-electron chi connectivity index (χ3n) is 3.39. The summed E-state index contributed by atoms with van der Waals surface area (Å²) in [5.41, 5.74) is 8.73. The molecule has 0 aliphatic carbocycles. The van der Waals surface area contributed by atoms with Gasteiger partial charge in [0.2, 0.25) is 18.0 Å². The van der Waals surface area contributed by atoms with Gasteiger partial charge in [-0.25, -0.2) is 4.79 Å². The van der Waals surface area contributed by atoms with E-state index in [0.29, 0.717) is 17.8 Å². The van der Waals surface area contributed by atoms with Crippen LogP contribution in [0.1, 0.15) is 17.3 Å². The Morgan fingerprint density at radius 3 is 2.90 bits per heavy atom. The largest absolute Gasteiger partial charge is 0.502 e. The van der Waals surface area contributed by atoms with Crippen LogP contribution in [-0.2, 0) is 6.54 Å². The van der Waals surface area contributed by atoms with Gasteiger partial charge in [0, 0.05) is 18.8 Å². The van der Waals surface area contributed by atoms with Crippen LogP contribution in [0, 0.1) is 0 Å². The number of aryl methyl sites for hydroxylation is 1. The molecular weight excluding hydrogens is 278 g/mol. The Labute approximate surface area is 118 Å². The predicted octanol–water partition coefficient (Wildman–Crippen LogP) is 0.182. The molecule has 8 heteroatoms. The van der Waals surface area contributed by atoms with Crippen molar-refractivity contribution in [2.24, 2.45) is 0 Å². The van der Waals surface area contributed by atoms with Crippen LogP contribution in [0.15, 0.2) is 17.1 Å². The Bertz CT molecular complexity index is 840. The van der Waals surface area contributed by atoms with Gasteiger partial charge >= 0.3 is 5.97 Å². The fourth-order valence-corrected chi connectivity index (χ4v) is 2.42. The molecule has 0 fully saturated rings. The minimum Gasteiger partial charge on any atom is -0.502 e. The molecule has 108 valence electrons. The summed E-state index contributed by atoms with van der Waals surface area (Å²) in [4.78, 5) is 23.6. The molecular formula is C13H11N3O5. The van der Waals surface area contributed by atoms with E-state index in [4.69, 9.17) is 14.6 Å². The molecule has 0 bridgehead atoms. The molecule has 2 heterocycles. The minimum atomic E-state index is -1.33. The number of carboxylic acids is 1. The van der Waals surface area contributed by atoms with Crippen LogP contribution in [0.5, 0.6) is 11.5 Å². The maximum atomic E-state index is 12.4. The number of fused-ring (bicyclic) bond motifs is 2. The maximum Gasteiger partial charge on any atom is 0.341 e. The average Bonchev–Trinajstić information content (AvgIpc) is 2.93.